The highest BCUT2D eigenvalue weighted by Crippen LogP contribution is 2.22. The lowest BCUT2D eigenvalue weighted by molar-refractivity contribution is 0.576. The van der Waals surface area contributed by atoms with Gasteiger partial charge in [-0.3, -0.25) is 4.68 Å². The minimum atomic E-state index is 0.572. The average Bonchev–Trinajstić information content (AvgIpc) is 2.64. The second kappa shape index (κ2) is 5.21. The fraction of sp³-hybridized carbons (Fsp3) is 0.500. The van der Waals surface area contributed by atoms with Crippen LogP contribution in [-0.4, -0.2) is 14.6 Å². The Kier molecular flexibility index (Phi) is 3.87. The molecular formula is C14H19BrN2. The van der Waals surface area contributed by atoms with Crippen LogP contribution < -0.4 is 0 Å². The van der Waals surface area contributed by atoms with Crippen LogP contribution in [0.2, 0.25) is 0 Å². The van der Waals surface area contributed by atoms with Gasteiger partial charge in [-0.1, -0.05) is 48.0 Å². The third kappa shape index (κ3) is 2.71. The van der Waals surface area contributed by atoms with Gasteiger partial charge in [-0.15, -0.1) is 0 Å². The molecule has 0 radical (unpaired) electrons. The quantitative estimate of drug-likeness (QED) is 0.782. The average molecular weight is 295 g/mol. The fourth-order valence-electron chi connectivity index (χ4n) is 2.08. The number of aryl methyl sites for hydroxylation is 2. The Morgan fingerprint density at radius 3 is 2.71 bits per heavy atom. The molecule has 0 amide bonds. The van der Waals surface area contributed by atoms with E-state index in [0.717, 1.165) is 12.8 Å². The summed E-state index contributed by atoms with van der Waals surface area (Å²) in [6.07, 6.45) is 2.17. The molecule has 1 aromatic heterocycles. The van der Waals surface area contributed by atoms with E-state index in [-0.39, 0.29) is 0 Å². The van der Waals surface area contributed by atoms with E-state index in [1.165, 1.54) is 16.6 Å². The van der Waals surface area contributed by atoms with Crippen LogP contribution in [0.25, 0.3) is 10.9 Å². The minimum absolute atomic E-state index is 0.572. The molecule has 0 bridgehead atoms. The molecule has 0 aliphatic rings. The smallest absolute Gasteiger partial charge is 0.0703 e. The number of hydrogen-bond donors (Lipinski definition) is 0. The van der Waals surface area contributed by atoms with Crippen LogP contribution in [0.1, 0.15) is 26.0 Å². The lowest BCUT2D eigenvalue weighted by Crippen LogP contribution is -2.08. The first-order chi connectivity index (χ1) is 8.09. The van der Waals surface area contributed by atoms with Crippen molar-refractivity contribution in [3.8, 4) is 0 Å². The summed E-state index contributed by atoms with van der Waals surface area (Å²) in [5.74, 6) is 0.671. The van der Waals surface area contributed by atoms with Crippen LogP contribution in [0, 0.1) is 5.92 Å². The van der Waals surface area contributed by atoms with Crippen molar-refractivity contribution < 1.29 is 0 Å². The zero-order valence-corrected chi connectivity index (χ0v) is 12.2. The second-order valence-corrected chi connectivity index (χ2v) is 6.06. The Morgan fingerprint density at radius 1 is 1.29 bits per heavy atom. The number of alkyl halides is 1. The molecule has 17 heavy (non-hydrogen) atoms. The van der Waals surface area contributed by atoms with E-state index >= 15 is 0 Å². The topological polar surface area (TPSA) is 17.8 Å². The number of nitrogens with zero attached hydrogens (tertiary/aromatic N) is 2. The zero-order valence-electron chi connectivity index (χ0n) is 10.7. The number of rotatable bonds is 4. The molecule has 0 saturated carbocycles. The van der Waals surface area contributed by atoms with Crippen molar-refractivity contribution in [3.05, 3.63) is 30.0 Å². The Hall–Kier alpha value is -0.830. The summed E-state index contributed by atoms with van der Waals surface area (Å²) in [5, 5.41) is 5.91. The van der Waals surface area contributed by atoms with Gasteiger partial charge in [0, 0.05) is 17.3 Å². The fourth-order valence-corrected chi connectivity index (χ4v) is 2.31. The zero-order chi connectivity index (χ0) is 12.4. The standard InChI is InChI=1S/C14H19BrN2/c1-10(2)12(15)8-9-13-11-6-4-5-7-14(11)17(3)16-13/h4-7,10,12H,8-9H2,1-3H3. The van der Waals surface area contributed by atoms with Crippen molar-refractivity contribution in [3.63, 3.8) is 0 Å². The van der Waals surface area contributed by atoms with Gasteiger partial charge in [0.1, 0.15) is 0 Å². The van der Waals surface area contributed by atoms with Crippen LogP contribution in [0.5, 0.6) is 0 Å². The summed E-state index contributed by atoms with van der Waals surface area (Å²) < 4.78 is 1.98. The molecule has 1 heterocycles. The van der Waals surface area contributed by atoms with Crippen molar-refractivity contribution in [1.82, 2.24) is 9.78 Å². The Balaban J connectivity index is 2.19. The number of fused-ring (bicyclic) bond motifs is 1. The van der Waals surface area contributed by atoms with Crippen LogP contribution >= 0.6 is 15.9 Å². The van der Waals surface area contributed by atoms with E-state index in [4.69, 9.17) is 0 Å². The molecule has 0 aliphatic carbocycles. The Morgan fingerprint density at radius 2 is 2.00 bits per heavy atom. The molecule has 0 saturated heterocycles. The molecule has 0 N–H and O–H groups in total. The predicted octanol–water partition coefficient (Wildman–Crippen LogP) is 3.93. The summed E-state index contributed by atoms with van der Waals surface area (Å²) in [7, 11) is 2.01. The van der Waals surface area contributed by atoms with Gasteiger partial charge >= 0.3 is 0 Å². The van der Waals surface area contributed by atoms with E-state index in [9.17, 15) is 0 Å². The molecule has 0 spiro atoms. The van der Waals surface area contributed by atoms with Crippen molar-refractivity contribution in [2.75, 3.05) is 0 Å². The maximum atomic E-state index is 4.62. The molecule has 2 rings (SSSR count). The van der Waals surface area contributed by atoms with Gasteiger partial charge in [0.25, 0.3) is 0 Å². The number of aromatic nitrogens is 2. The molecule has 0 fully saturated rings. The molecule has 2 nitrogen and oxygen atoms in total. The van der Waals surface area contributed by atoms with E-state index in [1.807, 2.05) is 11.7 Å². The SMILES string of the molecule is CC(C)C(Br)CCc1nn(C)c2ccccc12. The van der Waals surface area contributed by atoms with Crippen molar-refractivity contribution >= 4 is 26.8 Å². The van der Waals surface area contributed by atoms with Crippen molar-refractivity contribution in [2.45, 2.75) is 31.5 Å². The number of hydrogen-bond acceptors (Lipinski definition) is 1. The molecule has 1 unspecified atom stereocenters. The summed E-state index contributed by atoms with van der Waals surface area (Å²) in [6, 6.07) is 8.44. The molecule has 2 aromatic rings. The lowest BCUT2D eigenvalue weighted by Gasteiger charge is -2.12. The summed E-state index contributed by atoms with van der Waals surface area (Å²) in [4.78, 5) is 0.572. The van der Waals surface area contributed by atoms with E-state index in [2.05, 4.69) is 59.1 Å². The first-order valence-electron chi connectivity index (χ1n) is 6.14. The van der Waals surface area contributed by atoms with Gasteiger partial charge in [0.2, 0.25) is 0 Å². The van der Waals surface area contributed by atoms with Gasteiger partial charge < -0.3 is 0 Å². The maximum Gasteiger partial charge on any atom is 0.0703 e. The first-order valence-corrected chi connectivity index (χ1v) is 7.06. The Labute approximate surface area is 111 Å². The van der Waals surface area contributed by atoms with E-state index in [1.54, 1.807) is 0 Å². The number of para-hydroxylation sites is 1. The highest BCUT2D eigenvalue weighted by molar-refractivity contribution is 9.09. The van der Waals surface area contributed by atoms with Crippen LogP contribution in [0.15, 0.2) is 24.3 Å². The number of benzene rings is 1. The minimum Gasteiger partial charge on any atom is -0.268 e. The predicted molar refractivity (Wildman–Crippen MR) is 76.6 cm³/mol. The summed E-state index contributed by atoms with van der Waals surface area (Å²) in [5.41, 5.74) is 2.44. The summed E-state index contributed by atoms with van der Waals surface area (Å²) in [6.45, 7) is 4.49. The van der Waals surface area contributed by atoms with Crippen molar-refractivity contribution in [2.24, 2.45) is 13.0 Å². The van der Waals surface area contributed by atoms with Gasteiger partial charge in [-0.2, -0.15) is 5.10 Å². The summed E-state index contributed by atoms with van der Waals surface area (Å²) >= 11 is 3.74. The van der Waals surface area contributed by atoms with Gasteiger partial charge in [-0.05, 0) is 24.8 Å². The molecule has 92 valence electrons. The molecular weight excluding hydrogens is 276 g/mol. The molecule has 1 aromatic carbocycles. The van der Waals surface area contributed by atoms with Crippen LogP contribution in [0.4, 0.5) is 0 Å². The first kappa shape index (κ1) is 12.6. The largest absolute Gasteiger partial charge is 0.268 e. The van der Waals surface area contributed by atoms with Crippen molar-refractivity contribution in [1.29, 1.82) is 0 Å². The van der Waals surface area contributed by atoms with Gasteiger partial charge in [0.15, 0.2) is 0 Å². The van der Waals surface area contributed by atoms with E-state index in [0.29, 0.717) is 10.7 Å². The third-order valence-electron chi connectivity index (χ3n) is 3.21. The maximum absolute atomic E-state index is 4.62. The lowest BCUT2D eigenvalue weighted by atomic mass is 10.0. The molecule has 3 heteroatoms. The monoisotopic (exact) mass is 294 g/mol. The normalized spacial score (nSPS) is 13.5. The third-order valence-corrected chi connectivity index (χ3v) is 4.73. The Bertz CT molecular complexity index is 502. The highest BCUT2D eigenvalue weighted by Gasteiger charge is 2.12. The van der Waals surface area contributed by atoms with Crippen LogP contribution in [-0.2, 0) is 13.5 Å². The second-order valence-electron chi connectivity index (χ2n) is 4.89. The molecule has 1 atom stereocenters. The highest BCUT2D eigenvalue weighted by atomic mass is 79.9. The van der Waals surface area contributed by atoms with Crippen LogP contribution in [0.3, 0.4) is 0 Å². The van der Waals surface area contributed by atoms with Gasteiger partial charge in [-0.25, -0.2) is 0 Å². The van der Waals surface area contributed by atoms with E-state index < -0.39 is 0 Å². The molecule has 0 aliphatic heterocycles. The van der Waals surface area contributed by atoms with Gasteiger partial charge in [0.05, 0.1) is 11.2 Å². The number of halogens is 1.